The molecule has 0 spiro atoms. The van der Waals surface area contributed by atoms with E-state index in [2.05, 4.69) is 20.9 Å². The molecule has 0 aliphatic rings. The van der Waals surface area contributed by atoms with Crippen molar-refractivity contribution in [3.8, 4) is 5.75 Å². The number of H-pyrrole nitrogens is 1. The van der Waals surface area contributed by atoms with Crippen LogP contribution < -0.4 is 21.7 Å². The van der Waals surface area contributed by atoms with Crippen molar-refractivity contribution >= 4 is 52.3 Å². The lowest BCUT2D eigenvalue weighted by Crippen LogP contribution is -2.58. The number of carboxylic acid groups (broad SMARTS) is 2. The third-order valence-corrected chi connectivity index (χ3v) is 7.34. The number of para-hydroxylation sites is 1. The third-order valence-electron chi connectivity index (χ3n) is 6.70. The SMILES string of the molecule is CSCCC(NC(=O)C(Cc1c[nH]c2ccccc12)NC(=O)C(N)CC(=O)O)C(=O)NC(Cc1ccc(O)cc1)C(=O)O. The molecule has 3 amide bonds. The summed E-state index contributed by atoms with van der Waals surface area (Å²) in [6, 6.07) is 8.11. The van der Waals surface area contributed by atoms with E-state index in [1.54, 1.807) is 6.20 Å². The zero-order valence-corrected chi connectivity index (χ0v) is 24.2. The van der Waals surface area contributed by atoms with Gasteiger partial charge in [-0.25, -0.2) is 4.79 Å². The van der Waals surface area contributed by atoms with Gasteiger partial charge >= 0.3 is 11.9 Å². The first-order valence-electron chi connectivity index (χ1n) is 13.4. The number of aromatic amines is 1. The number of amides is 3. The number of benzene rings is 2. The summed E-state index contributed by atoms with van der Waals surface area (Å²) in [6.45, 7) is 0. The van der Waals surface area contributed by atoms with Crippen molar-refractivity contribution in [3.63, 3.8) is 0 Å². The largest absolute Gasteiger partial charge is 0.508 e. The van der Waals surface area contributed by atoms with Gasteiger partial charge in [-0.05, 0) is 47.8 Å². The van der Waals surface area contributed by atoms with Gasteiger partial charge in [-0.15, -0.1) is 0 Å². The van der Waals surface area contributed by atoms with Gasteiger partial charge in [-0.1, -0.05) is 30.3 Å². The molecule has 2 aromatic carbocycles. The molecule has 1 heterocycles. The number of aromatic hydroxyl groups is 1. The maximum absolute atomic E-state index is 13.6. The maximum atomic E-state index is 13.6. The number of nitrogens with two attached hydrogens (primary N) is 1. The minimum atomic E-state index is -1.41. The molecule has 0 radical (unpaired) electrons. The summed E-state index contributed by atoms with van der Waals surface area (Å²) >= 11 is 1.42. The maximum Gasteiger partial charge on any atom is 0.326 e. The van der Waals surface area contributed by atoms with Crippen molar-refractivity contribution in [2.24, 2.45) is 5.73 Å². The number of phenolic OH excluding ortho intramolecular Hbond substituents is 1. The first-order valence-corrected chi connectivity index (χ1v) is 14.8. The van der Waals surface area contributed by atoms with Gasteiger partial charge in [0.05, 0.1) is 12.5 Å². The number of carbonyl (C=O) groups is 5. The summed E-state index contributed by atoms with van der Waals surface area (Å²) in [5.74, 6) is -4.41. The van der Waals surface area contributed by atoms with Crippen LogP contribution in [0, 0.1) is 0 Å². The molecule has 14 heteroatoms. The van der Waals surface area contributed by atoms with E-state index >= 15 is 0 Å². The minimum Gasteiger partial charge on any atom is -0.508 e. The average Bonchev–Trinajstić information content (AvgIpc) is 3.37. The molecule has 43 heavy (non-hydrogen) atoms. The number of aliphatic carboxylic acids is 2. The van der Waals surface area contributed by atoms with Crippen LogP contribution in [0.15, 0.2) is 54.7 Å². The van der Waals surface area contributed by atoms with Gasteiger partial charge in [-0.2, -0.15) is 11.8 Å². The van der Waals surface area contributed by atoms with Crippen molar-refractivity contribution in [3.05, 3.63) is 65.9 Å². The second-order valence-corrected chi connectivity index (χ2v) is 10.9. The highest BCUT2D eigenvalue weighted by molar-refractivity contribution is 7.98. The molecule has 0 aliphatic heterocycles. The lowest BCUT2D eigenvalue weighted by atomic mass is 10.0. The smallest absolute Gasteiger partial charge is 0.326 e. The summed E-state index contributed by atoms with van der Waals surface area (Å²) in [6.07, 6.45) is 2.95. The van der Waals surface area contributed by atoms with Crippen LogP contribution in [0.3, 0.4) is 0 Å². The van der Waals surface area contributed by atoms with Crippen LogP contribution in [-0.2, 0) is 36.8 Å². The third kappa shape index (κ3) is 9.75. The van der Waals surface area contributed by atoms with Crippen molar-refractivity contribution in [1.29, 1.82) is 0 Å². The van der Waals surface area contributed by atoms with Gasteiger partial charge in [0.15, 0.2) is 0 Å². The van der Waals surface area contributed by atoms with Gasteiger partial charge in [0.25, 0.3) is 0 Å². The quantitative estimate of drug-likeness (QED) is 0.113. The molecule has 13 nitrogen and oxygen atoms in total. The Kier molecular flexibility index (Phi) is 12.0. The fourth-order valence-electron chi connectivity index (χ4n) is 4.41. The van der Waals surface area contributed by atoms with Crippen LogP contribution in [-0.4, -0.2) is 86.1 Å². The summed E-state index contributed by atoms with van der Waals surface area (Å²) in [5, 5.41) is 36.7. The summed E-state index contributed by atoms with van der Waals surface area (Å²) in [5.41, 5.74) is 7.79. The number of aromatic nitrogens is 1. The number of carboxylic acids is 2. The highest BCUT2D eigenvalue weighted by atomic mass is 32.2. The van der Waals surface area contributed by atoms with Gasteiger partial charge in [0, 0.05) is 29.9 Å². The van der Waals surface area contributed by atoms with Gasteiger partial charge in [-0.3, -0.25) is 19.2 Å². The molecule has 230 valence electrons. The standard InChI is InChI=1S/C29H35N5O8S/c1-43-11-10-22(27(39)34-24(29(41)42)12-16-6-8-18(35)9-7-16)32-28(40)23(33-26(38)20(30)14-25(36)37)13-17-15-31-21-5-3-2-4-19(17)21/h2-9,15,20,22-24,31,35H,10-14,30H2,1H3,(H,32,40)(H,33,38)(H,34,39)(H,36,37)(H,41,42). The molecule has 1 aromatic heterocycles. The Hall–Kier alpha value is -4.56. The van der Waals surface area contributed by atoms with Crippen LogP contribution in [0.25, 0.3) is 10.9 Å². The van der Waals surface area contributed by atoms with E-state index in [0.29, 0.717) is 16.9 Å². The van der Waals surface area contributed by atoms with Crippen molar-refractivity contribution in [2.45, 2.75) is 49.9 Å². The number of hydrogen-bond acceptors (Lipinski definition) is 8. The molecule has 0 fully saturated rings. The number of thioether (sulfide) groups is 1. The normalized spacial score (nSPS) is 13.8. The van der Waals surface area contributed by atoms with E-state index in [9.17, 15) is 34.2 Å². The molecular weight excluding hydrogens is 578 g/mol. The highest BCUT2D eigenvalue weighted by Crippen LogP contribution is 2.19. The second-order valence-electron chi connectivity index (χ2n) is 9.94. The Bertz CT molecular complexity index is 1440. The fourth-order valence-corrected chi connectivity index (χ4v) is 4.88. The van der Waals surface area contributed by atoms with Crippen LogP contribution in [0.1, 0.15) is 24.0 Å². The van der Waals surface area contributed by atoms with Gasteiger partial charge in [0.2, 0.25) is 17.7 Å². The fraction of sp³-hybridized carbons (Fsp3) is 0.345. The molecule has 0 bridgehead atoms. The predicted molar refractivity (Wildman–Crippen MR) is 160 cm³/mol. The monoisotopic (exact) mass is 613 g/mol. The zero-order valence-electron chi connectivity index (χ0n) is 23.4. The van der Waals surface area contributed by atoms with Crippen molar-refractivity contribution in [1.82, 2.24) is 20.9 Å². The van der Waals surface area contributed by atoms with Crippen LogP contribution >= 0.6 is 11.8 Å². The second kappa shape index (κ2) is 15.6. The van der Waals surface area contributed by atoms with Crippen LogP contribution in [0.2, 0.25) is 0 Å². The van der Waals surface area contributed by atoms with Crippen molar-refractivity contribution < 1.29 is 39.3 Å². The van der Waals surface area contributed by atoms with E-state index in [4.69, 9.17) is 10.8 Å². The molecule has 0 saturated heterocycles. The number of hydrogen-bond donors (Lipinski definition) is 8. The zero-order chi connectivity index (χ0) is 31.5. The van der Waals surface area contributed by atoms with Crippen LogP contribution in [0.5, 0.6) is 5.75 Å². The lowest BCUT2D eigenvalue weighted by molar-refractivity contribution is -0.142. The van der Waals surface area contributed by atoms with E-state index in [-0.39, 0.29) is 25.0 Å². The first kappa shape index (κ1) is 32.9. The van der Waals surface area contributed by atoms with Gasteiger partial charge < -0.3 is 42.0 Å². The van der Waals surface area contributed by atoms with Crippen LogP contribution in [0.4, 0.5) is 0 Å². The topological polar surface area (TPSA) is 224 Å². The predicted octanol–water partition coefficient (Wildman–Crippen LogP) is 0.753. The molecule has 3 aromatic rings. The molecule has 0 aliphatic carbocycles. The van der Waals surface area contributed by atoms with E-state index in [1.807, 2.05) is 30.5 Å². The number of carbonyl (C=O) groups excluding carboxylic acids is 3. The molecular formula is C29H35N5O8S. The summed E-state index contributed by atoms with van der Waals surface area (Å²) < 4.78 is 0. The Balaban J connectivity index is 1.81. The summed E-state index contributed by atoms with van der Waals surface area (Å²) in [7, 11) is 0. The molecule has 3 rings (SSSR count). The Morgan fingerprint density at radius 1 is 0.860 bits per heavy atom. The first-order chi connectivity index (χ1) is 20.5. The minimum absolute atomic E-state index is 0.00313. The number of nitrogens with one attached hydrogen (secondary N) is 4. The van der Waals surface area contributed by atoms with Gasteiger partial charge in [0.1, 0.15) is 23.9 Å². The van der Waals surface area contributed by atoms with Crippen molar-refractivity contribution in [2.75, 3.05) is 12.0 Å². The molecule has 4 unspecified atom stereocenters. The lowest BCUT2D eigenvalue weighted by Gasteiger charge is -2.25. The highest BCUT2D eigenvalue weighted by Gasteiger charge is 2.31. The Morgan fingerprint density at radius 3 is 2.14 bits per heavy atom. The van der Waals surface area contributed by atoms with E-state index in [0.717, 1.165) is 10.9 Å². The molecule has 0 saturated carbocycles. The number of phenols is 1. The Labute approximate surface area is 251 Å². The number of rotatable bonds is 16. The molecule has 9 N–H and O–H groups in total. The molecule has 4 atom stereocenters. The number of fused-ring (bicyclic) bond motifs is 1. The average molecular weight is 614 g/mol. The van der Waals surface area contributed by atoms with E-state index < -0.39 is 60.2 Å². The van der Waals surface area contributed by atoms with E-state index in [1.165, 1.54) is 36.0 Å². The Morgan fingerprint density at radius 2 is 1.49 bits per heavy atom. The summed E-state index contributed by atoms with van der Waals surface area (Å²) in [4.78, 5) is 65.8.